The molecule has 0 aliphatic heterocycles. The summed E-state index contributed by atoms with van der Waals surface area (Å²) in [5.74, 6) is 1.76. The molecule has 0 bridgehead atoms. The fourth-order valence-electron chi connectivity index (χ4n) is 2.07. The second-order valence-corrected chi connectivity index (χ2v) is 5.63. The van der Waals surface area contributed by atoms with Crippen LogP contribution in [0.2, 0.25) is 0 Å². The third kappa shape index (κ3) is 3.94. The molecule has 0 aliphatic carbocycles. The van der Waals surface area contributed by atoms with Gasteiger partial charge in [0.2, 0.25) is 0 Å². The van der Waals surface area contributed by atoms with E-state index in [1.807, 2.05) is 37.4 Å². The molecule has 100 valence electrons. The van der Waals surface area contributed by atoms with Crippen LogP contribution in [0.5, 0.6) is 11.5 Å². The second-order valence-electron chi connectivity index (χ2n) is 4.38. The van der Waals surface area contributed by atoms with E-state index in [1.165, 1.54) is 9.13 Å². The Morgan fingerprint density at radius 2 is 1.79 bits per heavy atom. The summed E-state index contributed by atoms with van der Waals surface area (Å²) >= 11 is 2.29. The lowest BCUT2D eigenvalue weighted by atomic mass is 10.0. The topological polar surface area (TPSA) is 21.3 Å². The summed E-state index contributed by atoms with van der Waals surface area (Å²) < 4.78 is 7.08. The smallest absolute Gasteiger partial charge is 0.128 e. The number of hydrogen-bond acceptors (Lipinski definition) is 2. The van der Waals surface area contributed by atoms with Crippen molar-refractivity contribution in [3.05, 3.63) is 57.7 Å². The molecule has 19 heavy (non-hydrogen) atoms. The van der Waals surface area contributed by atoms with Gasteiger partial charge in [-0.1, -0.05) is 25.1 Å². The Bertz CT molecular complexity index is 538. The highest BCUT2D eigenvalue weighted by Crippen LogP contribution is 2.26. The highest BCUT2D eigenvalue weighted by atomic mass is 127. The fraction of sp³-hybridized carbons (Fsp3) is 0.250. The molecule has 0 amide bonds. The Morgan fingerprint density at radius 1 is 1.11 bits per heavy atom. The minimum atomic E-state index is 0.374. The summed E-state index contributed by atoms with van der Waals surface area (Å²) in [6, 6.07) is 16.7. The molecular weight excluding hydrogens is 349 g/mol. The minimum absolute atomic E-state index is 0.374. The van der Waals surface area contributed by atoms with Gasteiger partial charge in [-0.3, -0.25) is 0 Å². The van der Waals surface area contributed by atoms with Crippen LogP contribution in [0.3, 0.4) is 0 Å². The molecule has 3 heteroatoms. The summed E-state index contributed by atoms with van der Waals surface area (Å²) in [4.78, 5) is 0. The number of nitrogens with one attached hydrogen (secondary N) is 1. The average molecular weight is 367 g/mol. The summed E-state index contributed by atoms with van der Waals surface area (Å²) in [6.07, 6.45) is 1.06. The van der Waals surface area contributed by atoms with Crippen LogP contribution in [0.4, 0.5) is 0 Å². The monoisotopic (exact) mass is 367 g/mol. The van der Waals surface area contributed by atoms with Crippen LogP contribution < -0.4 is 10.1 Å². The molecule has 0 heterocycles. The van der Waals surface area contributed by atoms with Gasteiger partial charge in [-0.25, -0.2) is 0 Å². The quantitative estimate of drug-likeness (QED) is 0.770. The predicted octanol–water partition coefficient (Wildman–Crippen LogP) is 4.75. The molecule has 2 rings (SSSR count). The number of ether oxygens (including phenoxy) is 1. The molecule has 2 aromatic rings. The maximum Gasteiger partial charge on any atom is 0.128 e. The summed E-state index contributed by atoms with van der Waals surface area (Å²) in [7, 11) is 1.99. The molecule has 0 spiro atoms. The first-order chi connectivity index (χ1) is 9.22. The largest absolute Gasteiger partial charge is 0.457 e. The molecule has 1 unspecified atom stereocenters. The van der Waals surface area contributed by atoms with Crippen LogP contribution >= 0.6 is 22.6 Å². The van der Waals surface area contributed by atoms with E-state index in [-0.39, 0.29) is 0 Å². The van der Waals surface area contributed by atoms with Crippen molar-refractivity contribution < 1.29 is 4.74 Å². The van der Waals surface area contributed by atoms with Crippen molar-refractivity contribution in [2.45, 2.75) is 19.4 Å². The van der Waals surface area contributed by atoms with Gasteiger partial charge in [0, 0.05) is 9.61 Å². The lowest BCUT2D eigenvalue weighted by Gasteiger charge is -2.15. The van der Waals surface area contributed by atoms with Crippen LogP contribution in [-0.2, 0) is 0 Å². The molecule has 2 aromatic carbocycles. The fourth-order valence-corrected chi connectivity index (χ4v) is 2.58. The molecule has 0 fully saturated rings. The third-order valence-corrected chi connectivity index (χ3v) is 3.72. The maximum absolute atomic E-state index is 5.91. The molecule has 0 saturated carbocycles. The lowest BCUT2D eigenvalue weighted by molar-refractivity contribution is 0.479. The van der Waals surface area contributed by atoms with Gasteiger partial charge in [0.1, 0.15) is 11.5 Å². The number of hydrogen-bond donors (Lipinski definition) is 1. The van der Waals surface area contributed by atoms with E-state index in [2.05, 4.69) is 53.0 Å². The van der Waals surface area contributed by atoms with Crippen molar-refractivity contribution in [2.24, 2.45) is 0 Å². The van der Waals surface area contributed by atoms with Crippen molar-refractivity contribution in [3.63, 3.8) is 0 Å². The van der Waals surface area contributed by atoms with Gasteiger partial charge in [-0.15, -0.1) is 0 Å². The summed E-state index contributed by atoms with van der Waals surface area (Å²) in [5.41, 5.74) is 1.26. The summed E-state index contributed by atoms with van der Waals surface area (Å²) in [6.45, 7) is 2.17. The van der Waals surface area contributed by atoms with Gasteiger partial charge in [-0.2, -0.15) is 0 Å². The van der Waals surface area contributed by atoms with E-state index >= 15 is 0 Å². The maximum atomic E-state index is 5.91. The SMILES string of the molecule is CCC(NC)c1cccc(Oc2cccc(I)c2)c1. The zero-order valence-electron chi connectivity index (χ0n) is 11.2. The molecule has 1 atom stereocenters. The van der Waals surface area contributed by atoms with Gasteiger partial charge < -0.3 is 10.1 Å². The predicted molar refractivity (Wildman–Crippen MR) is 87.8 cm³/mol. The Morgan fingerprint density at radius 3 is 2.42 bits per heavy atom. The van der Waals surface area contributed by atoms with E-state index < -0.39 is 0 Å². The first-order valence-electron chi connectivity index (χ1n) is 6.43. The van der Waals surface area contributed by atoms with Gasteiger partial charge >= 0.3 is 0 Å². The van der Waals surface area contributed by atoms with E-state index in [1.54, 1.807) is 0 Å². The molecule has 0 aromatic heterocycles. The second kappa shape index (κ2) is 6.91. The van der Waals surface area contributed by atoms with E-state index in [0.29, 0.717) is 6.04 Å². The van der Waals surface area contributed by atoms with Gasteiger partial charge in [0.25, 0.3) is 0 Å². The van der Waals surface area contributed by atoms with E-state index in [9.17, 15) is 0 Å². The van der Waals surface area contributed by atoms with Crippen molar-refractivity contribution in [1.29, 1.82) is 0 Å². The Hall–Kier alpha value is -1.07. The van der Waals surface area contributed by atoms with Crippen molar-refractivity contribution in [3.8, 4) is 11.5 Å². The molecule has 0 saturated heterocycles. The zero-order chi connectivity index (χ0) is 13.7. The molecule has 0 aliphatic rings. The van der Waals surface area contributed by atoms with Crippen molar-refractivity contribution >= 4 is 22.6 Å². The standard InChI is InChI=1S/C16H18INO/c1-3-16(18-2)12-6-4-8-14(10-12)19-15-9-5-7-13(17)11-15/h4-11,16,18H,3H2,1-2H3. The van der Waals surface area contributed by atoms with Crippen LogP contribution in [-0.4, -0.2) is 7.05 Å². The van der Waals surface area contributed by atoms with Crippen LogP contribution in [0.1, 0.15) is 24.9 Å². The van der Waals surface area contributed by atoms with Crippen LogP contribution in [0, 0.1) is 3.57 Å². The zero-order valence-corrected chi connectivity index (χ0v) is 13.3. The molecular formula is C16H18INO. The van der Waals surface area contributed by atoms with Crippen LogP contribution in [0.25, 0.3) is 0 Å². The number of halogens is 1. The lowest BCUT2D eigenvalue weighted by Crippen LogP contribution is -2.14. The summed E-state index contributed by atoms with van der Waals surface area (Å²) in [5, 5.41) is 3.31. The van der Waals surface area contributed by atoms with E-state index in [4.69, 9.17) is 4.74 Å². The van der Waals surface area contributed by atoms with Crippen LogP contribution in [0.15, 0.2) is 48.5 Å². The van der Waals surface area contributed by atoms with Crippen molar-refractivity contribution in [1.82, 2.24) is 5.32 Å². The van der Waals surface area contributed by atoms with Gasteiger partial charge in [-0.05, 0) is 72.0 Å². The normalized spacial score (nSPS) is 12.2. The highest BCUT2D eigenvalue weighted by Gasteiger charge is 2.07. The average Bonchev–Trinajstić information content (AvgIpc) is 2.41. The third-order valence-electron chi connectivity index (χ3n) is 3.05. The van der Waals surface area contributed by atoms with Crippen molar-refractivity contribution in [2.75, 3.05) is 7.05 Å². The first kappa shape index (κ1) is 14.3. The number of benzene rings is 2. The molecule has 1 N–H and O–H groups in total. The minimum Gasteiger partial charge on any atom is -0.457 e. The van der Waals surface area contributed by atoms with E-state index in [0.717, 1.165) is 17.9 Å². The highest BCUT2D eigenvalue weighted by molar-refractivity contribution is 14.1. The Kier molecular flexibility index (Phi) is 5.22. The molecule has 2 nitrogen and oxygen atoms in total. The molecule has 0 radical (unpaired) electrons. The Labute approximate surface area is 128 Å². The number of rotatable bonds is 5. The van der Waals surface area contributed by atoms with Gasteiger partial charge in [0.05, 0.1) is 0 Å². The Balaban J connectivity index is 2.19. The van der Waals surface area contributed by atoms with Gasteiger partial charge in [0.15, 0.2) is 0 Å². The first-order valence-corrected chi connectivity index (χ1v) is 7.51.